The predicted molar refractivity (Wildman–Crippen MR) is 71.1 cm³/mol. The lowest BCUT2D eigenvalue weighted by atomic mass is 10.2. The molecule has 0 bridgehead atoms. The number of benzene rings is 1. The molecule has 0 heterocycles. The normalized spacial score (nSPS) is 12.0. The zero-order chi connectivity index (χ0) is 12.8. The van der Waals surface area contributed by atoms with E-state index in [1.807, 2.05) is 12.1 Å². The van der Waals surface area contributed by atoms with Crippen molar-refractivity contribution in [1.82, 2.24) is 10.6 Å². The largest absolute Gasteiger partial charge is 0.394 e. The molecule has 0 aromatic heterocycles. The Kier molecular flexibility index (Phi) is 5.74. The van der Waals surface area contributed by atoms with Gasteiger partial charge in [-0.3, -0.25) is 0 Å². The maximum atomic E-state index is 11.4. The number of hydrogen-bond acceptors (Lipinski definition) is 2. The van der Waals surface area contributed by atoms with Crippen molar-refractivity contribution in [3.05, 3.63) is 33.3 Å². The summed E-state index contributed by atoms with van der Waals surface area (Å²) in [5.74, 6) is 0. The molecule has 0 spiro atoms. The number of nitrogens with one attached hydrogen (secondary N) is 2. The third-order valence-corrected chi connectivity index (χ3v) is 2.95. The molecule has 1 atom stereocenters. The van der Waals surface area contributed by atoms with E-state index in [0.717, 1.165) is 10.0 Å². The maximum Gasteiger partial charge on any atom is 0.315 e. The van der Waals surface area contributed by atoms with E-state index in [9.17, 15) is 4.79 Å². The first kappa shape index (κ1) is 14.3. The number of hydrogen-bond donors (Lipinski definition) is 3. The first-order chi connectivity index (χ1) is 8.02. The SMILES string of the molecule is CC(CO)NC(=O)NCc1ccc(Br)cc1Cl. The molecule has 0 radical (unpaired) electrons. The molecule has 1 aromatic carbocycles. The van der Waals surface area contributed by atoms with Gasteiger partial charge in [0.25, 0.3) is 0 Å². The topological polar surface area (TPSA) is 61.4 Å². The highest BCUT2D eigenvalue weighted by Gasteiger charge is 2.06. The molecule has 1 aromatic rings. The van der Waals surface area contributed by atoms with E-state index in [1.165, 1.54) is 0 Å². The van der Waals surface area contributed by atoms with Gasteiger partial charge in [-0.05, 0) is 24.6 Å². The molecule has 94 valence electrons. The van der Waals surface area contributed by atoms with Gasteiger partial charge in [-0.25, -0.2) is 4.79 Å². The van der Waals surface area contributed by atoms with Crippen LogP contribution in [0.5, 0.6) is 0 Å². The summed E-state index contributed by atoms with van der Waals surface area (Å²) in [5, 5.41) is 14.6. The molecule has 1 unspecified atom stereocenters. The fourth-order valence-corrected chi connectivity index (χ4v) is 1.90. The Morgan fingerprint density at radius 3 is 2.88 bits per heavy atom. The highest BCUT2D eigenvalue weighted by Crippen LogP contribution is 2.20. The molecule has 17 heavy (non-hydrogen) atoms. The van der Waals surface area contributed by atoms with Crippen LogP contribution in [0.25, 0.3) is 0 Å². The highest BCUT2D eigenvalue weighted by atomic mass is 79.9. The maximum absolute atomic E-state index is 11.4. The van der Waals surface area contributed by atoms with E-state index in [0.29, 0.717) is 11.6 Å². The average molecular weight is 322 g/mol. The van der Waals surface area contributed by atoms with Crippen molar-refractivity contribution in [2.75, 3.05) is 6.61 Å². The van der Waals surface area contributed by atoms with Crippen molar-refractivity contribution in [1.29, 1.82) is 0 Å². The number of amides is 2. The lowest BCUT2D eigenvalue weighted by molar-refractivity contribution is 0.220. The van der Waals surface area contributed by atoms with Crippen LogP contribution >= 0.6 is 27.5 Å². The summed E-state index contributed by atoms with van der Waals surface area (Å²) >= 11 is 9.31. The molecule has 0 aliphatic carbocycles. The lowest BCUT2D eigenvalue weighted by Crippen LogP contribution is -2.41. The monoisotopic (exact) mass is 320 g/mol. The first-order valence-corrected chi connectivity index (χ1v) is 6.29. The van der Waals surface area contributed by atoms with Gasteiger partial charge >= 0.3 is 6.03 Å². The number of aliphatic hydroxyl groups excluding tert-OH is 1. The van der Waals surface area contributed by atoms with Gasteiger partial charge < -0.3 is 15.7 Å². The summed E-state index contributed by atoms with van der Waals surface area (Å²) in [4.78, 5) is 11.4. The van der Waals surface area contributed by atoms with Gasteiger partial charge in [0.1, 0.15) is 0 Å². The van der Waals surface area contributed by atoms with Gasteiger partial charge in [0.05, 0.1) is 12.6 Å². The molecule has 0 saturated carbocycles. The Morgan fingerprint density at radius 1 is 1.59 bits per heavy atom. The molecular weight excluding hydrogens is 307 g/mol. The van der Waals surface area contributed by atoms with Crippen LogP contribution in [0.3, 0.4) is 0 Å². The first-order valence-electron chi connectivity index (χ1n) is 5.12. The number of carbonyl (C=O) groups excluding carboxylic acids is 1. The van der Waals surface area contributed by atoms with Crippen LogP contribution in [-0.2, 0) is 6.54 Å². The van der Waals surface area contributed by atoms with Gasteiger partial charge in [0.2, 0.25) is 0 Å². The molecule has 1 rings (SSSR count). The molecule has 2 amide bonds. The number of carbonyl (C=O) groups is 1. The van der Waals surface area contributed by atoms with E-state index in [4.69, 9.17) is 16.7 Å². The zero-order valence-electron chi connectivity index (χ0n) is 9.34. The van der Waals surface area contributed by atoms with Crippen LogP contribution in [0, 0.1) is 0 Å². The van der Waals surface area contributed by atoms with Crippen molar-refractivity contribution in [3.63, 3.8) is 0 Å². The van der Waals surface area contributed by atoms with Crippen molar-refractivity contribution < 1.29 is 9.90 Å². The molecule has 4 nitrogen and oxygen atoms in total. The number of rotatable bonds is 4. The third kappa shape index (κ3) is 4.93. The Bertz CT molecular complexity index is 401. The fraction of sp³-hybridized carbons (Fsp3) is 0.364. The summed E-state index contributed by atoms with van der Waals surface area (Å²) in [6.45, 7) is 1.97. The van der Waals surface area contributed by atoms with Crippen molar-refractivity contribution >= 4 is 33.6 Å². The number of aliphatic hydroxyl groups is 1. The minimum atomic E-state index is -0.328. The highest BCUT2D eigenvalue weighted by molar-refractivity contribution is 9.10. The Balaban J connectivity index is 2.47. The number of urea groups is 1. The second-order valence-electron chi connectivity index (χ2n) is 3.65. The van der Waals surface area contributed by atoms with Crippen LogP contribution in [0.15, 0.2) is 22.7 Å². The zero-order valence-corrected chi connectivity index (χ0v) is 11.7. The second kappa shape index (κ2) is 6.83. The molecular formula is C11H14BrClN2O2. The van der Waals surface area contributed by atoms with Crippen molar-refractivity contribution in [3.8, 4) is 0 Å². The van der Waals surface area contributed by atoms with Crippen LogP contribution < -0.4 is 10.6 Å². The fourth-order valence-electron chi connectivity index (χ4n) is 1.16. The summed E-state index contributed by atoms with van der Waals surface area (Å²) in [5.41, 5.74) is 0.835. The molecule has 0 fully saturated rings. The molecule has 0 aliphatic heterocycles. The van der Waals surface area contributed by atoms with E-state index in [2.05, 4.69) is 26.6 Å². The summed E-state index contributed by atoms with van der Waals surface area (Å²) in [6, 6.07) is 4.87. The Hall–Kier alpha value is -0.780. The van der Waals surface area contributed by atoms with Gasteiger partial charge in [0.15, 0.2) is 0 Å². The molecule has 3 N–H and O–H groups in total. The van der Waals surface area contributed by atoms with Crippen LogP contribution in [-0.4, -0.2) is 23.8 Å². The Morgan fingerprint density at radius 2 is 2.29 bits per heavy atom. The van der Waals surface area contributed by atoms with Crippen LogP contribution in [0.1, 0.15) is 12.5 Å². The van der Waals surface area contributed by atoms with Crippen molar-refractivity contribution in [2.24, 2.45) is 0 Å². The molecule has 0 saturated heterocycles. The average Bonchev–Trinajstić information content (AvgIpc) is 2.27. The standard InChI is InChI=1S/C11H14BrClN2O2/c1-7(6-16)15-11(17)14-5-8-2-3-9(12)4-10(8)13/h2-4,7,16H,5-6H2,1H3,(H2,14,15,17). The van der Waals surface area contributed by atoms with Crippen molar-refractivity contribution in [2.45, 2.75) is 19.5 Å². The van der Waals surface area contributed by atoms with Gasteiger partial charge in [0, 0.05) is 16.0 Å². The minimum absolute atomic E-state index is 0.0908. The van der Waals surface area contributed by atoms with E-state index in [1.54, 1.807) is 13.0 Å². The summed E-state index contributed by atoms with van der Waals surface area (Å²) in [7, 11) is 0. The van der Waals surface area contributed by atoms with Crippen LogP contribution in [0.2, 0.25) is 5.02 Å². The quantitative estimate of drug-likeness (QED) is 0.797. The number of halogens is 2. The lowest BCUT2D eigenvalue weighted by Gasteiger charge is -2.12. The predicted octanol–water partition coefficient (Wildman–Crippen LogP) is 2.28. The van der Waals surface area contributed by atoms with E-state index < -0.39 is 0 Å². The van der Waals surface area contributed by atoms with E-state index >= 15 is 0 Å². The minimum Gasteiger partial charge on any atom is -0.394 e. The second-order valence-corrected chi connectivity index (χ2v) is 4.97. The Labute approximate surface area is 113 Å². The molecule has 0 aliphatic rings. The molecule has 6 heteroatoms. The summed E-state index contributed by atoms with van der Waals surface area (Å²) in [6.07, 6.45) is 0. The smallest absolute Gasteiger partial charge is 0.315 e. The van der Waals surface area contributed by atoms with Gasteiger partial charge in [-0.2, -0.15) is 0 Å². The van der Waals surface area contributed by atoms with Gasteiger partial charge in [-0.1, -0.05) is 33.6 Å². The summed E-state index contributed by atoms with van der Waals surface area (Å²) < 4.78 is 0.893. The third-order valence-electron chi connectivity index (χ3n) is 2.11. The van der Waals surface area contributed by atoms with E-state index in [-0.39, 0.29) is 18.7 Å². The van der Waals surface area contributed by atoms with Gasteiger partial charge in [-0.15, -0.1) is 0 Å². The van der Waals surface area contributed by atoms with Crippen LogP contribution in [0.4, 0.5) is 4.79 Å².